The Labute approximate surface area is 117 Å². The summed E-state index contributed by atoms with van der Waals surface area (Å²) in [5, 5.41) is 18.7. The molecule has 0 aromatic heterocycles. The molecule has 0 radical (unpaired) electrons. The normalized spacial score (nSPS) is 11.5. The van der Waals surface area contributed by atoms with Crippen molar-refractivity contribution >= 4 is 0 Å². The van der Waals surface area contributed by atoms with Gasteiger partial charge in [-0.15, -0.1) is 0 Å². The smallest absolute Gasteiger partial charge is 0.134 e. The number of benzene rings is 2. The summed E-state index contributed by atoms with van der Waals surface area (Å²) in [4.78, 5) is 0. The largest absolute Gasteiger partial charge is 0.497 e. The summed E-state index contributed by atoms with van der Waals surface area (Å²) >= 11 is 0. The maximum Gasteiger partial charge on any atom is 0.134 e. The van der Waals surface area contributed by atoms with Gasteiger partial charge >= 0.3 is 0 Å². The van der Waals surface area contributed by atoms with Gasteiger partial charge in [-0.25, -0.2) is 0 Å². The van der Waals surface area contributed by atoms with E-state index < -0.39 is 6.10 Å². The molecule has 0 aliphatic carbocycles. The van der Waals surface area contributed by atoms with Gasteiger partial charge in [0.05, 0.1) is 24.8 Å². The van der Waals surface area contributed by atoms with Crippen LogP contribution in [0.4, 0.5) is 0 Å². The van der Waals surface area contributed by atoms with Crippen LogP contribution in [0.3, 0.4) is 0 Å². The van der Waals surface area contributed by atoms with Crippen molar-refractivity contribution in [3.8, 4) is 23.3 Å². The van der Waals surface area contributed by atoms with Crippen LogP contribution in [0.5, 0.6) is 17.2 Å². The van der Waals surface area contributed by atoms with Gasteiger partial charge in [0.1, 0.15) is 17.2 Å². The second-order valence-corrected chi connectivity index (χ2v) is 4.32. The number of aliphatic hydroxyl groups excluding tert-OH is 1. The molecule has 0 amide bonds. The van der Waals surface area contributed by atoms with Crippen molar-refractivity contribution in [2.24, 2.45) is 0 Å². The fourth-order valence-corrected chi connectivity index (χ4v) is 1.83. The van der Waals surface area contributed by atoms with E-state index in [0.29, 0.717) is 28.4 Å². The van der Waals surface area contributed by atoms with E-state index in [-0.39, 0.29) is 0 Å². The fraction of sp³-hybridized carbons (Fsp3) is 0.188. The van der Waals surface area contributed by atoms with Crippen LogP contribution in [0.25, 0.3) is 0 Å². The summed E-state index contributed by atoms with van der Waals surface area (Å²) in [7, 11) is 1.58. The maximum atomic E-state index is 9.76. The number of aliphatic hydroxyl groups is 1. The Morgan fingerprint density at radius 1 is 1.15 bits per heavy atom. The molecule has 2 aromatic rings. The van der Waals surface area contributed by atoms with E-state index in [1.54, 1.807) is 44.4 Å². The van der Waals surface area contributed by atoms with Crippen molar-refractivity contribution < 1.29 is 14.6 Å². The lowest BCUT2D eigenvalue weighted by Crippen LogP contribution is -1.97. The van der Waals surface area contributed by atoms with Crippen LogP contribution in [0.2, 0.25) is 0 Å². The van der Waals surface area contributed by atoms with Gasteiger partial charge in [-0.3, -0.25) is 0 Å². The average Bonchev–Trinajstić information content (AvgIpc) is 2.47. The first-order valence-electron chi connectivity index (χ1n) is 6.18. The second-order valence-electron chi connectivity index (χ2n) is 4.32. The molecule has 0 saturated carbocycles. The highest BCUT2D eigenvalue weighted by Gasteiger charge is 2.11. The molecule has 0 heterocycles. The number of methoxy groups -OCH3 is 1. The molecule has 20 heavy (non-hydrogen) atoms. The molecule has 102 valence electrons. The molecular weight excluding hydrogens is 254 g/mol. The van der Waals surface area contributed by atoms with Crippen LogP contribution < -0.4 is 9.47 Å². The third kappa shape index (κ3) is 3.08. The molecule has 0 spiro atoms. The molecule has 1 unspecified atom stereocenters. The Bertz CT molecular complexity index is 644. The van der Waals surface area contributed by atoms with Crippen LogP contribution in [-0.4, -0.2) is 12.2 Å². The molecule has 2 aromatic carbocycles. The highest BCUT2D eigenvalue weighted by Crippen LogP contribution is 2.31. The molecule has 0 aliphatic rings. The first-order valence-corrected chi connectivity index (χ1v) is 6.18. The zero-order valence-corrected chi connectivity index (χ0v) is 11.3. The van der Waals surface area contributed by atoms with Gasteiger partial charge in [0.2, 0.25) is 0 Å². The lowest BCUT2D eigenvalue weighted by molar-refractivity contribution is 0.195. The number of hydrogen-bond acceptors (Lipinski definition) is 4. The highest BCUT2D eigenvalue weighted by molar-refractivity contribution is 5.46. The van der Waals surface area contributed by atoms with E-state index >= 15 is 0 Å². The van der Waals surface area contributed by atoms with Crippen LogP contribution in [0.15, 0.2) is 42.5 Å². The monoisotopic (exact) mass is 269 g/mol. The van der Waals surface area contributed by atoms with Gasteiger partial charge < -0.3 is 14.6 Å². The van der Waals surface area contributed by atoms with Crippen LogP contribution in [-0.2, 0) is 0 Å². The van der Waals surface area contributed by atoms with Crippen molar-refractivity contribution in [1.82, 2.24) is 0 Å². The SMILES string of the molecule is COc1cccc(Oc2cc(C#N)ccc2C(C)O)c1. The Hall–Kier alpha value is -2.51. The summed E-state index contributed by atoms with van der Waals surface area (Å²) in [5.41, 5.74) is 1.11. The summed E-state index contributed by atoms with van der Waals surface area (Å²) in [6.45, 7) is 1.65. The van der Waals surface area contributed by atoms with E-state index in [9.17, 15) is 5.11 Å². The van der Waals surface area contributed by atoms with Gasteiger partial charge in [-0.1, -0.05) is 12.1 Å². The van der Waals surface area contributed by atoms with Crippen LogP contribution in [0, 0.1) is 11.3 Å². The summed E-state index contributed by atoms with van der Waals surface area (Å²) in [6.07, 6.45) is -0.677. The van der Waals surface area contributed by atoms with Crippen LogP contribution in [0.1, 0.15) is 24.2 Å². The number of rotatable bonds is 4. The van der Waals surface area contributed by atoms with Gasteiger partial charge in [-0.05, 0) is 31.2 Å². The standard InChI is InChI=1S/C16H15NO3/c1-11(18)15-7-6-12(10-17)8-16(15)20-14-5-3-4-13(9-14)19-2/h3-9,11,18H,1-2H3. The number of ether oxygens (including phenoxy) is 2. The van der Waals surface area contributed by atoms with E-state index in [1.165, 1.54) is 0 Å². The Morgan fingerprint density at radius 3 is 2.55 bits per heavy atom. The van der Waals surface area contributed by atoms with Crippen molar-refractivity contribution in [2.75, 3.05) is 7.11 Å². The molecule has 4 nitrogen and oxygen atoms in total. The molecule has 1 atom stereocenters. The number of nitrogens with zero attached hydrogens (tertiary/aromatic N) is 1. The van der Waals surface area contributed by atoms with Crippen molar-refractivity contribution in [2.45, 2.75) is 13.0 Å². The topological polar surface area (TPSA) is 62.5 Å². The second kappa shape index (κ2) is 6.09. The molecule has 2 rings (SSSR count). The first kappa shape index (κ1) is 13.9. The van der Waals surface area contributed by atoms with Gasteiger partial charge in [0.15, 0.2) is 0 Å². The van der Waals surface area contributed by atoms with Crippen molar-refractivity contribution in [3.63, 3.8) is 0 Å². The minimum Gasteiger partial charge on any atom is -0.497 e. The predicted octanol–water partition coefficient (Wildman–Crippen LogP) is 3.41. The molecule has 0 fully saturated rings. The zero-order valence-electron chi connectivity index (χ0n) is 11.3. The van der Waals surface area contributed by atoms with E-state index in [4.69, 9.17) is 14.7 Å². The van der Waals surface area contributed by atoms with Crippen molar-refractivity contribution in [1.29, 1.82) is 5.26 Å². The molecule has 0 saturated heterocycles. The Morgan fingerprint density at radius 2 is 1.90 bits per heavy atom. The summed E-state index contributed by atoms with van der Waals surface area (Å²) in [5.74, 6) is 1.73. The third-order valence-corrected chi connectivity index (χ3v) is 2.86. The lowest BCUT2D eigenvalue weighted by Gasteiger charge is -2.14. The Kier molecular flexibility index (Phi) is 4.24. The first-order chi connectivity index (χ1) is 9.63. The summed E-state index contributed by atoms with van der Waals surface area (Å²) in [6, 6.07) is 14.2. The Balaban J connectivity index is 2.38. The molecule has 0 bridgehead atoms. The van der Waals surface area contributed by atoms with Gasteiger partial charge in [0.25, 0.3) is 0 Å². The fourth-order valence-electron chi connectivity index (χ4n) is 1.83. The number of nitriles is 1. The van der Waals surface area contributed by atoms with Gasteiger partial charge in [-0.2, -0.15) is 5.26 Å². The van der Waals surface area contributed by atoms with E-state index in [2.05, 4.69) is 6.07 Å². The quantitative estimate of drug-likeness (QED) is 0.923. The van der Waals surface area contributed by atoms with E-state index in [0.717, 1.165) is 0 Å². The predicted molar refractivity (Wildman–Crippen MR) is 74.9 cm³/mol. The molecular formula is C16H15NO3. The minimum absolute atomic E-state index is 0.465. The summed E-state index contributed by atoms with van der Waals surface area (Å²) < 4.78 is 10.9. The van der Waals surface area contributed by atoms with Gasteiger partial charge in [0, 0.05) is 11.6 Å². The minimum atomic E-state index is -0.677. The number of hydrogen-bond donors (Lipinski definition) is 1. The molecule has 1 N–H and O–H groups in total. The average molecular weight is 269 g/mol. The zero-order chi connectivity index (χ0) is 14.5. The molecule has 0 aliphatic heterocycles. The molecule has 4 heteroatoms. The van der Waals surface area contributed by atoms with Crippen LogP contribution >= 0.6 is 0 Å². The third-order valence-electron chi connectivity index (χ3n) is 2.86. The van der Waals surface area contributed by atoms with E-state index in [1.807, 2.05) is 12.1 Å². The highest BCUT2D eigenvalue weighted by atomic mass is 16.5. The lowest BCUT2D eigenvalue weighted by atomic mass is 10.1. The maximum absolute atomic E-state index is 9.76. The van der Waals surface area contributed by atoms with Crippen molar-refractivity contribution in [3.05, 3.63) is 53.6 Å².